The SMILES string of the molecule is Cc1ccc(S(=O)(=O)N2CCC[C@H]2C(=O)OCc2nc(N)nc(N)n2)cc1. The van der Waals surface area contributed by atoms with Crippen molar-refractivity contribution in [3.05, 3.63) is 35.7 Å². The van der Waals surface area contributed by atoms with Crippen molar-refractivity contribution in [3.8, 4) is 0 Å². The molecule has 11 heteroatoms. The van der Waals surface area contributed by atoms with E-state index in [1.54, 1.807) is 12.1 Å². The van der Waals surface area contributed by atoms with Crippen LogP contribution in [-0.2, 0) is 26.2 Å². The number of sulfonamides is 1. The number of nitrogens with two attached hydrogens (primary N) is 2. The number of aromatic nitrogens is 3. The highest BCUT2D eigenvalue weighted by molar-refractivity contribution is 7.89. The highest BCUT2D eigenvalue weighted by Gasteiger charge is 2.40. The molecule has 0 radical (unpaired) electrons. The summed E-state index contributed by atoms with van der Waals surface area (Å²) in [7, 11) is -3.79. The second kappa shape index (κ2) is 7.45. The number of anilines is 2. The number of carbonyl (C=O) groups excluding carboxylic acids is 1. The minimum absolute atomic E-state index is 0.0852. The number of rotatable bonds is 5. The number of esters is 1. The lowest BCUT2D eigenvalue weighted by Crippen LogP contribution is -2.41. The van der Waals surface area contributed by atoms with E-state index in [2.05, 4.69) is 15.0 Å². The minimum Gasteiger partial charge on any atom is -0.456 e. The van der Waals surface area contributed by atoms with Gasteiger partial charge in [-0.2, -0.15) is 19.3 Å². The average Bonchev–Trinajstić information content (AvgIpc) is 3.10. The zero-order valence-electron chi connectivity index (χ0n) is 14.7. The third kappa shape index (κ3) is 4.14. The molecule has 0 bridgehead atoms. The normalized spacial score (nSPS) is 17.7. The highest BCUT2D eigenvalue weighted by Crippen LogP contribution is 2.27. The average molecular weight is 392 g/mol. The van der Waals surface area contributed by atoms with Gasteiger partial charge >= 0.3 is 5.97 Å². The highest BCUT2D eigenvalue weighted by atomic mass is 32.2. The minimum atomic E-state index is -3.79. The topological polar surface area (TPSA) is 154 Å². The molecule has 0 unspecified atom stereocenters. The number of hydrogen-bond acceptors (Lipinski definition) is 9. The Morgan fingerprint density at radius 1 is 1.19 bits per heavy atom. The Kier molecular flexibility index (Phi) is 5.24. The Morgan fingerprint density at radius 2 is 1.81 bits per heavy atom. The van der Waals surface area contributed by atoms with Crippen LogP contribution in [0.3, 0.4) is 0 Å². The summed E-state index contributed by atoms with van der Waals surface area (Å²) in [6.07, 6.45) is 0.946. The van der Waals surface area contributed by atoms with Crippen molar-refractivity contribution >= 4 is 27.9 Å². The summed E-state index contributed by atoms with van der Waals surface area (Å²) in [5.41, 5.74) is 11.9. The molecular formula is C16H20N6O4S. The van der Waals surface area contributed by atoms with Crippen LogP contribution in [-0.4, -0.2) is 46.2 Å². The smallest absolute Gasteiger partial charge is 0.324 e. The molecule has 4 N–H and O–H groups in total. The number of benzene rings is 1. The van der Waals surface area contributed by atoms with Crippen LogP contribution in [0.5, 0.6) is 0 Å². The first-order valence-electron chi connectivity index (χ1n) is 8.28. The summed E-state index contributed by atoms with van der Waals surface area (Å²) in [5.74, 6) is -0.740. The molecule has 1 aromatic heterocycles. The van der Waals surface area contributed by atoms with Crippen molar-refractivity contribution in [1.82, 2.24) is 19.3 Å². The number of aryl methyl sites for hydroxylation is 1. The maximum absolute atomic E-state index is 12.9. The number of nitrogen functional groups attached to an aromatic ring is 2. The lowest BCUT2D eigenvalue weighted by molar-refractivity contribution is -0.149. The Balaban J connectivity index is 1.73. The van der Waals surface area contributed by atoms with Gasteiger partial charge in [0.1, 0.15) is 6.04 Å². The molecule has 0 aliphatic carbocycles. The third-order valence-electron chi connectivity index (χ3n) is 4.16. The van der Waals surface area contributed by atoms with Crippen LogP contribution in [0, 0.1) is 6.92 Å². The molecule has 144 valence electrons. The Labute approximate surface area is 156 Å². The van der Waals surface area contributed by atoms with Gasteiger partial charge in [-0.15, -0.1) is 0 Å². The van der Waals surface area contributed by atoms with Crippen molar-refractivity contribution in [2.45, 2.75) is 37.3 Å². The number of nitrogens with zero attached hydrogens (tertiary/aromatic N) is 4. The molecule has 1 aliphatic rings. The molecule has 10 nitrogen and oxygen atoms in total. The number of ether oxygens (including phenoxy) is 1. The lowest BCUT2D eigenvalue weighted by Gasteiger charge is -2.22. The first-order valence-corrected chi connectivity index (χ1v) is 9.72. The largest absolute Gasteiger partial charge is 0.456 e. The number of carbonyl (C=O) groups is 1. The van der Waals surface area contributed by atoms with E-state index in [4.69, 9.17) is 16.2 Å². The summed E-state index contributed by atoms with van der Waals surface area (Å²) >= 11 is 0. The van der Waals surface area contributed by atoms with Gasteiger partial charge in [0, 0.05) is 6.54 Å². The standard InChI is InChI=1S/C16H20N6O4S/c1-10-4-6-11(7-5-10)27(24,25)22-8-2-3-12(22)14(23)26-9-13-19-15(17)21-16(18)20-13/h4-7,12H,2-3,8-9H2,1H3,(H4,17,18,19,20,21)/t12-/m0/s1. The van der Waals surface area contributed by atoms with Crippen LogP contribution in [0.4, 0.5) is 11.9 Å². The molecule has 0 spiro atoms. The van der Waals surface area contributed by atoms with Gasteiger partial charge in [0.15, 0.2) is 12.4 Å². The maximum atomic E-state index is 12.9. The molecule has 0 saturated carbocycles. The molecule has 1 aliphatic heterocycles. The van der Waals surface area contributed by atoms with E-state index < -0.39 is 22.0 Å². The second-order valence-corrected chi connectivity index (χ2v) is 8.05. The van der Waals surface area contributed by atoms with Crippen LogP contribution in [0.1, 0.15) is 24.2 Å². The molecule has 2 aromatic rings. The molecule has 1 saturated heterocycles. The van der Waals surface area contributed by atoms with E-state index >= 15 is 0 Å². The summed E-state index contributed by atoms with van der Waals surface area (Å²) in [6.45, 7) is 1.85. The van der Waals surface area contributed by atoms with E-state index in [1.165, 1.54) is 16.4 Å². The molecule has 1 aromatic carbocycles. The monoisotopic (exact) mass is 392 g/mol. The second-order valence-electron chi connectivity index (χ2n) is 6.16. The lowest BCUT2D eigenvalue weighted by atomic mass is 10.2. The van der Waals surface area contributed by atoms with E-state index in [9.17, 15) is 13.2 Å². The van der Waals surface area contributed by atoms with Crippen molar-refractivity contribution in [2.75, 3.05) is 18.0 Å². The zero-order chi connectivity index (χ0) is 19.6. The van der Waals surface area contributed by atoms with Crippen LogP contribution < -0.4 is 11.5 Å². The predicted molar refractivity (Wildman–Crippen MR) is 96.5 cm³/mol. The Morgan fingerprint density at radius 3 is 2.44 bits per heavy atom. The summed E-state index contributed by atoms with van der Waals surface area (Å²) in [4.78, 5) is 23.9. The molecule has 2 heterocycles. The van der Waals surface area contributed by atoms with E-state index in [1.807, 2.05) is 6.92 Å². The van der Waals surface area contributed by atoms with Gasteiger partial charge in [0.25, 0.3) is 0 Å². The Bertz CT molecular complexity index is 928. The first kappa shape index (κ1) is 19.0. The predicted octanol–water partition coefficient (Wildman–Crippen LogP) is 0.241. The Hall–Kier alpha value is -2.79. The quantitative estimate of drug-likeness (QED) is 0.681. The van der Waals surface area contributed by atoms with Crippen LogP contribution in [0.2, 0.25) is 0 Å². The van der Waals surface area contributed by atoms with Crippen molar-refractivity contribution < 1.29 is 17.9 Å². The van der Waals surface area contributed by atoms with Crippen molar-refractivity contribution in [2.24, 2.45) is 0 Å². The van der Waals surface area contributed by atoms with Crippen molar-refractivity contribution in [1.29, 1.82) is 0 Å². The van der Waals surface area contributed by atoms with Gasteiger partial charge in [-0.05, 0) is 31.9 Å². The zero-order valence-corrected chi connectivity index (χ0v) is 15.5. The summed E-state index contributed by atoms with van der Waals surface area (Å²) in [6, 6.07) is 5.59. The molecule has 0 amide bonds. The molecule has 1 atom stereocenters. The third-order valence-corrected chi connectivity index (χ3v) is 6.09. The van der Waals surface area contributed by atoms with Crippen LogP contribution in [0.15, 0.2) is 29.2 Å². The van der Waals surface area contributed by atoms with Crippen LogP contribution in [0.25, 0.3) is 0 Å². The number of hydrogen-bond donors (Lipinski definition) is 2. The van der Waals surface area contributed by atoms with Gasteiger partial charge in [-0.3, -0.25) is 4.79 Å². The summed E-state index contributed by atoms with van der Waals surface area (Å²) in [5, 5.41) is 0. The molecule has 3 rings (SSSR count). The van der Waals surface area contributed by atoms with Gasteiger partial charge in [-0.1, -0.05) is 17.7 Å². The van der Waals surface area contributed by atoms with Crippen molar-refractivity contribution in [3.63, 3.8) is 0 Å². The molecular weight excluding hydrogens is 372 g/mol. The molecule has 27 heavy (non-hydrogen) atoms. The van der Waals surface area contributed by atoms with Gasteiger partial charge < -0.3 is 16.2 Å². The first-order chi connectivity index (χ1) is 12.8. The fourth-order valence-electron chi connectivity index (χ4n) is 2.86. The van der Waals surface area contributed by atoms with E-state index in [-0.39, 0.29) is 35.8 Å². The van der Waals surface area contributed by atoms with Gasteiger partial charge in [-0.25, -0.2) is 8.42 Å². The van der Waals surface area contributed by atoms with E-state index in [0.29, 0.717) is 12.8 Å². The van der Waals surface area contributed by atoms with Crippen LogP contribution >= 0.6 is 0 Å². The fraction of sp³-hybridized carbons (Fsp3) is 0.375. The molecule has 1 fully saturated rings. The maximum Gasteiger partial charge on any atom is 0.324 e. The van der Waals surface area contributed by atoms with Gasteiger partial charge in [0.2, 0.25) is 21.9 Å². The fourth-order valence-corrected chi connectivity index (χ4v) is 4.51. The van der Waals surface area contributed by atoms with Gasteiger partial charge in [0.05, 0.1) is 4.90 Å². The summed E-state index contributed by atoms with van der Waals surface area (Å²) < 4.78 is 32.1. The van der Waals surface area contributed by atoms with E-state index in [0.717, 1.165) is 5.56 Å².